The third kappa shape index (κ3) is 5.26. The average molecular weight is 444 g/mol. The maximum atomic E-state index is 11.3. The van der Waals surface area contributed by atoms with Crippen LogP contribution in [-0.2, 0) is 22.5 Å². The van der Waals surface area contributed by atoms with Crippen LogP contribution >= 0.6 is 0 Å². The van der Waals surface area contributed by atoms with E-state index in [9.17, 15) is 9.90 Å². The quantitative estimate of drug-likeness (QED) is 0.520. The van der Waals surface area contributed by atoms with Crippen molar-refractivity contribution in [1.82, 2.24) is 0 Å². The van der Waals surface area contributed by atoms with Gasteiger partial charge in [0.2, 0.25) is 0 Å². The second-order valence-electron chi connectivity index (χ2n) is 8.09. The summed E-state index contributed by atoms with van der Waals surface area (Å²) >= 11 is 0. The van der Waals surface area contributed by atoms with Crippen LogP contribution in [0.1, 0.15) is 29.2 Å². The fourth-order valence-electron chi connectivity index (χ4n) is 4.24. The highest BCUT2D eigenvalue weighted by Gasteiger charge is 2.20. The van der Waals surface area contributed by atoms with E-state index in [1.54, 1.807) is 6.92 Å². The van der Waals surface area contributed by atoms with Crippen molar-refractivity contribution in [2.24, 2.45) is 0 Å². The number of anilines is 1. The Labute approximate surface area is 194 Å². The van der Waals surface area contributed by atoms with E-state index >= 15 is 0 Å². The van der Waals surface area contributed by atoms with Crippen molar-refractivity contribution in [2.75, 3.05) is 25.2 Å². The van der Waals surface area contributed by atoms with Gasteiger partial charge in [-0.05, 0) is 53.5 Å². The molecular formula is C28H29NO4. The number of aliphatic carboxylic acids is 1. The van der Waals surface area contributed by atoms with Gasteiger partial charge in [0.15, 0.2) is 6.10 Å². The summed E-state index contributed by atoms with van der Waals surface area (Å²) in [6.45, 7) is 3.45. The van der Waals surface area contributed by atoms with E-state index in [1.807, 2.05) is 24.3 Å². The fourth-order valence-corrected chi connectivity index (χ4v) is 4.24. The third-order valence-corrected chi connectivity index (χ3v) is 5.85. The summed E-state index contributed by atoms with van der Waals surface area (Å²) in [4.78, 5) is 13.6. The van der Waals surface area contributed by atoms with Crippen molar-refractivity contribution in [2.45, 2.75) is 26.0 Å². The van der Waals surface area contributed by atoms with Crippen LogP contribution in [0.15, 0.2) is 78.9 Å². The minimum atomic E-state index is -0.946. The summed E-state index contributed by atoms with van der Waals surface area (Å²) in [7, 11) is 2.12. The van der Waals surface area contributed by atoms with Crippen LogP contribution in [0.5, 0.6) is 5.75 Å². The Hall–Kier alpha value is -3.57. The first-order chi connectivity index (χ1) is 16.1. The topological polar surface area (TPSA) is 59.0 Å². The van der Waals surface area contributed by atoms with Crippen LogP contribution in [-0.4, -0.2) is 37.4 Å². The third-order valence-electron chi connectivity index (χ3n) is 5.85. The molecule has 0 amide bonds. The van der Waals surface area contributed by atoms with Gasteiger partial charge in [-0.15, -0.1) is 0 Å². The molecule has 1 unspecified atom stereocenters. The lowest BCUT2D eigenvalue weighted by atomic mass is 9.94. The van der Waals surface area contributed by atoms with Gasteiger partial charge in [0.1, 0.15) is 12.4 Å². The van der Waals surface area contributed by atoms with E-state index in [4.69, 9.17) is 9.47 Å². The number of benzene rings is 3. The molecular weight excluding hydrogens is 414 g/mol. The predicted octanol–water partition coefficient (Wildman–Crippen LogP) is 5.18. The van der Waals surface area contributed by atoms with Crippen LogP contribution in [0.2, 0.25) is 0 Å². The zero-order valence-electron chi connectivity index (χ0n) is 19.0. The van der Waals surface area contributed by atoms with Gasteiger partial charge in [0.25, 0.3) is 0 Å². The first-order valence-corrected chi connectivity index (χ1v) is 11.2. The highest BCUT2D eigenvalue weighted by molar-refractivity contribution is 5.89. The molecule has 33 heavy (non-hydrogen) atoms. The maximum absolute atomic E-state index is 11.3. The van der Waals surface area contributed by atoms with E-state index in [1.165, 1.54) is 28.0 Å². The second-order valence-corrected chi connectivity index (χ2v) is 8.09. The lowest BCUT2D eigenvalue weighted by Gasteiger charge is -2.19. The molecule has 1 aliphatic heterocycles. The number of para-hydroxylation sites is 1. The van der Waals surface area contributed by atoms with Crippen molar-refractivity contribution in [1.29, 1.82) is 0 Å². The van der Waals surface area contributed by atoms with Crippen LogP contribution in [0.4, 0.5) is 5.69 Å². The number of fused-ring (bicyclic) bond motifs is 2. The van der Waals surface area contributed by atoms with Gasteiger partial charge >= 0.3 is 5.97 Å². The molecule has 3 aromatic carbocycles. The Morgan fingerprint density at radius 2 is 1.73 bits per heavy atom. The molecule has 0 saturated carbocycles. The first kappa shape index (κ1) is 22.6. The smallest absolute Gasteiger partial charge is 0.333 e. The van der Waals surface area contributed by atoms with Gasteiger partial charge in [0, 0.05) is 37.9 Å². The highest BCUT2D eigenvalue weighted by Crippen LogP contribution is 2.37. The zero-order chi connectivity index (χ0) is 23.2. The molecule has 0 fully saturated rings. The van der Waals surface area contributed by atoms with E-state index in [0.29, 0.717) is 19.6 Å². The van der Waals surface area contributed by atoms with Crippen LogP contribution in [0, 0.1) is 0 Å². The molecule has 0 aromatic heterocycles. The molecule has 0 aliphatic carbocycles. The molecule has 1 heterocycles. The van der Waals surface area contributed by atoms with Gasteiger partial charge in [-0.1, -0.05) is 54.6 Å². The molecule has 0 saturated heterocycles. The van der Waals surface area contributed by atoms with E-state index in [-0.39, 0.29) is 0 Å². The Balaban J connectivity index is 1.52. The fraction of sp³-hybridized carbons (Fsp3) is 0.250. The van der Waals surface area contributed by atoms with E-state index in [0.717, 1.165) is 17.9 Å². The van der Waals surface area contributed by atoms with Crippen molar-refractivity contribution in [3.05, 3.63) is 101 Å². The SMILES string of the molecule is CCOC(Cc1ccc(OCC=C2c3ccccc3CN(C)c3ccccc32)cc1)C(=O)O. The normalized spacial score (nSPS) is 14.8. The molecule has 1 aliphatic rings. The predicted molar refractivity (Wildman–Crippen MR) is 131 cm³/mol. The molecule has 3 aromatic rings. The number of hydrogen-bond donors (Lipinski definition) is 1. The largest absolute Gasteiger partial charge is 0.490 e. The average Bonchev–Trinajstić information content (AvgIpc) is 2.94. The first-order valence-electron chi connectivity index (χ1n) is 11.2. The van der Waals surface area contributed by atoms with E-state index < -0.39 is 12.1 Å². The molecule has 5 heteroatoms. The van der Waals surface area contributed by atoms with Gasteiger partial charge in [-0.25, -0.2) is 4.79 Å². The van der Waals surface area contributed by atoms with Gasteiger partial charge in [0.05, 0.1) is 0 Å². The summed E-state index contributed by atoms with van der Waals surface area (Å²) < 4.78 is 11.3. The molecule has 170 valence electrons. The van der Waals surface area contributed by atoms with Crippen molar-refractivity contribution >= 4 is 17.2 Å². The Morgan fingerprint density at radius 1 is 1.03 bits per heavy atom. The zero-order valence-corrected chi connectivity index (χ0v) is 19.0. The minimum Gasteiger partial charge on any atom is -0.490 e. The van der Waals surface area contributed by atoms with Crippen LogP contribution in [0.3, 0.4) is 0 Å². The number of ether oxygens (including phenoxy) is 2. The molecule has 5 nitrogen and oxygen atoms in total. The highest BCUT2D eigenvalue weighted by atomic mass is 16.5. The molecule has 0 radical (unpaired) electrons. The van der Waals surface area contributed by atoms with Crippen molar-refractivity contribution in [3.8, 4) is 5.75 Å². The number of rotatable bonds is 8. The van der Waals surface area contributed by atoms with Gasteiger partial charge < -0.3 is 19.5 Å². The Morgan fingerprint density at radius 3 is 2.45 bits per heavy atom. The van der Waals surface area contributed by atoms with Gasteiger partial charge in [-0.2, -0.15) is 0 Å². The van der Waals surface area contributed by atoms with E-state index in [2.05, 4.69) is 66.6 Å². The summed E-state index contributed by atoms with van der Waals surface area (Å²) in [6.07, 6.45) is 1.63. The second kappa shape index (κ2) is 10.4. The standard InChI is InChI=1S/C28H29NO4/c1-3-32-27(28(30)31)18-20-12-14-22(15-13-20)33-17-16-24-23-9-5-4-8-21(23)19-29(2)26-11-7-6-10-25(24)26/h4-16,27H,3,17-19H2,1-2H3,(H,30,31). The molecule has 1 atom stereocenters. The summed E-state index contributed by atoms with van der Waals surface area (Å²) in [5.74, 6) is -0.204. The maximum Gasteiger partial charge on any atom is 0.333 e. The number of carbonyl (C=O) groups is 1. The summed E-state index contributed by atoms with van der Waals surface area (Å²) in [6, 6.07) is 24.5. The number of nitrogens with zero attached hydrogens (tertiary/aromatic N) is 1. The number of carboxylic acids is 1. The lowest BCUT2D eigenvalue weighted by molar-refractivity contribution is -0.149. The number of hydrogen-bond acceptors (Lipinski definition) is 4. The molecule has 4 rings (SSSR count). The number of carboxylic acid groups (broad SMARTS) is 1. The van der Waals surface area contributed by atoms with Crippen molar-refractivity contribution < 1.29 is 19.4 Å². The minimum absolute atomic E-state index is 0.328. The Kier molecular flexibility index (Phi) is 7.10. The van der Waals surface area contributed by atoms with Crippen LogP contribution in [0.25, 0.3) is 5.57 Å². The monoisotopic (exact) mass is 443 g/mol. The lowest BCUT2D eigenvalue weighted by Crippen LogP contribution is -2.26. The summed E-state index contributed by atoms with van der Waals surface area (Å²) in [5, 5.41) is 9.28. The summed E-state index contributed by atoms with van der Waals surface area (Å²) in [5.41, 5.74) is 6.98. The van der Waals surface area contributed by atoms with Crippen LogP contribution < -0.4 is 9.64 Å². The molecule has 0 bridgehead atoms. The van der Waals surface area contributed by atoms with Gasteiger partial charge in [-0.3, -0.25) is 0 Å². The Bertz CT molecular complexity index is 1140. The molecule has 0 spiro atoms. The molecule has 1 N–H and O–H groups in total. The van der Waals surface area contributed by atoms with Crippen molar-refractivity contribution in [3.63, 3.8) is 0 Å².